The van der Waals surface area contributed by atoms with Gasteiger partial charge in [-0.05, 0) is 24.6 Å². The molecule has 2 heteroatoms. The van der Waals surface area contributed by atoms with Gasteiger partial charge in [-0.1, -0.05) is 32.0 Å². The molecule has 0 bridgehead atoms. The number of aryl methyl sites for hydroxylation is 1. The maximum Gasteiger partial charge on any atom is 0.0452 e. The summed E-state index contributed by atoms with van der Waals surface area (Å²) in [6.07, 6.45) is 0. The zero-order valence-corrected chi connectivity index (χ0v) is 9.82. The van der Waals surface area contributed by atoms with E-state index in [1.807, 2.05) is 11.8 Å². The lowest BCUT2D eigenvalue weighted by atomic mass is 10.0. The van der Waals surface area contributed by atoms with Crippen molar-refractivity contribution in [1.82, 2.24) is 5.32 Å². The highest BCUT2D eigenvalue weighted by Crippen LogP contribution is 2.45. The first-order valence-corrected chi connectivity index (χ1v) is 6.11. The number of thioether (sulfide) groups is 1. The van der Waals surface area contributed by atoms with E-state index in [4.69, 9.17) is 0 Å². The second kappa shape index (κ2) is 3.95. The molecule has 1 heterocycles. The van der Waals surface area contributed by atoms with Crippen molar-refractivity contribution in [3.05, 3.63) is 29.3 Å². The Bertz CT molecular complexity index is 335. The van der Waals surface area contributed by atoms with Gasteiger partial charge in [-0.15, -0.1) is 11.8 Å². The molecular weight excluding hydrogens is 190 g/mol. The van der Waals surface area contributed by atoms with Crippen LogP contribution in [-0.4, -0.2) is 11.8 Å². The minimum Gasteiger partial charge on any atom is -0.309 e. The van der Waals surface area contributed by atoms with E-state index in [0.29, 0.717) is 11.3 Å². The third kappa shape index (κ3) is 1.57. The second-order valence-electron chi connectivity index (χ2n) is 3.85. The van der Waals surface area contributed by atoms with Gasteiger partial charge in [0.2, 0.25) is 0 Å². The molecule has 0 fully saturated rings. The van der Waals surface area contributed by atoms with Gasteiger partial charge in [0.15, 0.2) is 0 Å². The van der Waals surface area contributed by atoms with E-state index in [0.717, 1.165) is 6.54 Å². The molecule has 2 rings (SSSR count). The molecule has 1 N–H and O–H groups in total. The molecular formula is C12H17NS. The minimum atomic E-state index is 0.542. The molecule has 1 nitrogen and oxygen atoms in total. The molecule has 2 unspecified atom stereocenters. The van der Waals surface area contributed by atoms with Gasteiger partial charge in [-0.3, -0.25) is 0 Å². The summed E-state index contributed by atoms with van der Waals surface area (Å²) in [6.45, 7) is 7.72. The summed E-state index contributed by atoms with van der Waals surface area (Å²) in [7, 11) is 0. The van der Waals surface area contributed by atoms with Crippen LogP contribution in [0.4, 0.5) is 0 Å². The Hall–Kier alpha value is -0.470. The minimum absolute atomic E-state index is 0.542. The van der Waals surface area contributed by atoms with Crippen LogP contribution in [0.25, 0.3) is 0 Å². The van der Waals surface area contributed by atoms with Crippen LogP contribution in [0.5, 0.6) is 0 Å². The van der Waals surface area contributed by atoms with Crippen LogP contribution in [0.3, 0.4) is 0 Å². The molecule has 0 saturated carbocycles. The van der Waals surface area contributed by atoms with Gasteiger partial charge in [0.05, 0.1) is 0 Å². The highest BCUT2D eigenvalue weighted by molar-refractivity contribution is 8.00. The number of hydrogen-bond acceptors (Lipinski definition) is 2. The highest BCUT2D eigenvalue weighted by Gasteiger charge is 2.29. The lowest BCUT2D eigenvalue weighted by molar-refractivity contribution is 0.553. The Morgan fingerprint density at radius 2 is 2.21 bits per heavy atom. The molecule has 1 aromatic rings. The summed E-state index contributed by atoms with van der Waals surface area (Å²) in [5.41, 5.74) is 2.91. The van der Waals surface area contributed by atoms with Crippen molar-refractivity contribution in [1.29, 1.82) is 0 Å². The molecule has 2 atom stereocenters. The van der Waals surface area contributed by atoms with Gasteiger partial charge >= 0.3 is 0 Å². The summed E-state index contributed by atoms with van der Waals surface area (Å²) in [6, 6.07) is 7.16. The highest BCUT2D eigenvalue weighted by atomic mass is 32.2. The molecule has 0 saturated heterocycles. The molecule has 1 aromatic carbocycles. The van der Waals surface area contributed by atoms with Crippen molar-refractivity contribution in [3.8, 4) is 0 Å². The van der Waals surface area contributed by atoms with Gasteiger partial charge in [0, 0.05) is 16.2 Å². The van der Waals surface area contributed by atoms with E-state index in [2.05, 4.69) is 44.3 Å². The van der Waals surface area contributed by atoms with E-state index >= 15 is 0 Å². The molecule has 14 heavy (non-hydrogen) atoms. The summed E-state index contributed by atoms with van der Waals surface area (Å²) >= 11 is 2.00. The Kier molecular flexibility index (Phi) is 2.84. The number of fused-ring (bicyclic) bond motifs is 1. The van der Waals surface area contributed by atoms with Crippen molar-refractivity contribution in [3.63, 3.8) is 0 Å². The molecule has 1 aliphatic heterocycles. The fourth-order valence-electron chi connectivity index (χ4n) is 2.08. The normalized spacial score (nSPS) is 25.1. The third-order valence-corrected chi connectivity index (χ3v) is 4.21. The average molecular weight is 207 g/mol. The van der Waals surface area contributed by atoms with E-state index in [1.165, 1.54) is 16.0 Å². The standard InChI is InChI=1S/C12H17NS/c1-4-13-11-9(3)14-12-8(2)6-5-7-10(11)12/h5-7,9,11,13H,4H2,1-3H3. The summed E-state index contributed by atoms with van der Waals surface area (Å²) < 4.78 is 0. The van der Waals surface area contributed by atoms with Crippen LogP contribution >= 0.6 is 11.8 Å². The van der Waals surface area contributed by atoms with Gasteiger partial charge < -0.3 is 5.32 Å². The first-order chi connectivity index (χ1) is 6.74. The zero-order valence-electron chi connectivity index (χ0n) is 9.00. The topological polar surface area (TPSA) is 12.0 Å². The molecule has 0 amide bonds. The Labute approximate surface area is 90.3 Å². The summed E-state index contributed by atoms with van der Waals surface area (Å²) in [5, 5.41) is 4.22. The monoisotopic (exact) mass is 207 g/mol. The largest absolute Gasteiger partial charge is 0.309 e. The number of benzene rings is 1. The van der Waals surface area contributed by atoms with Crippen LogP contribution in [-0.2, 0) is 0 Å². The maximum absolute atomic E-state index is 3.56. The summed E-state index contributed by atoms with van der Waals surface area (Å²) in [5.74, 6) is 0. The molecule has 0 spiro atoms. The fraction of sp³-hybridized carbons (Fsp3) is 0.500. The van der Waals surface area contributed by atoms with E-state index < -0.39 is 0 Å². The molecule has 0 radical (unpaired) electrons. The van der Waals surface area contributed by atoms with Crippen molar-refractivity contribution in [2.45, 2.75) is 37.0 Å². The smallest absolute Gasteiger partial charge is 0.0452 e. The zero-order chi connectivity index (χ0) is 10.1. The van der Waals surface area contributed by atoms with Crippen LogP contribution in [0.1, 0.15) is 31.0 Å². The first kappa shape index (κ1) is 10.1. The predicted molar refractivity (Wildman–Crippen MR) is 62.9 cm³/mol. The number of rotatable bonds is 2. The van der Waals surface area contributed by atoms with Gasteiger partial charge in [-0.25, -0.2) is 0 Å². The fourth-order valence-corrected chi connectivity index (χ4v) is 3.42. The van der Waals surface area contributed by atoms with Crippen molar-refractivity contribution in [2.75, 3.05) is 6.54 Å². The first-order valence-electron chi connectivity index (χ1n) is 5.23. The van der Waals surface area contributed by atoms with Crippen molar-refractivity contribution >= 4 is 11.8 Å². The number of nitrogens with one attached hydrogen (secondary N) is 1. The summed E-state index contributed by atoms with van der Waals surface area (Å²) in [4.78, 5) is 1.49. The Morgan fingerprint density at radius 3 is 2.93 bits per heavy atom. The maximum atomic E-state index is 3.56. The number of hydrogen-bond donors (Lipinski definition) is 1. The van der Waals surface area contributed by atoms with Gasteiger partial charge in [0.25, 0.3) is 0 Å². The van der Waals surface area contributed by atoms with Gasteiger partial charge in [0.1, 0.15) is 0 Å². The van der Waals surface area contributed by atoms with E-state index in [1.54, 1.807) is 0 Å². The van der Waals surface area contributed by atoms with Crippen molar-refractivity contribution in [2.24, 2.45) is 0 Å². The lowest BCUT2D eigenvalue weighted by Gasteiger charge is -2.16. The predicted octanol–water partition coefficient (Wildman–Crippen LogP) is 3.14. The van der Waals surface area contributed by atoms with E-state index in [9.17, 15) is 0 Å². The average Bonchev–Trinajstić information content (AvgIpc) is 2.47. The molecule has 76 valence electrons. The van der Waals surface area contributed by atoms with Gasteiger partial charge in [-0.2, -0.15) is 0 Å². The quantitative estimate of drug-likeness (QED) is 0.799. The van der Waals surface area contributed by atoms with Crippen LogP contribution < -0.4 is 5.32 Å². The lowest BCUT2D eigenvalue weighted by Crippen LogP contribution is -2.25. The van der Waals surface area contributed by atoms with E-state index in [-0.39, 0.29) is 0 Å². The van der Waals surface area contributed by atoms with Crippen LogP contribution in [0.15, 0.2) is 23.1 Å². The third-order valence-electron chi connectivity index (χ3n) is 2.77. The van der Waals surface area contributed by atoms with Crippen LogP contribution in [0.2, 0.25) is 0 Å². The Balaban J connectivity index is 2.37. The molecule has 1 aliphatic rings. The second-order valence-corrected chi connectivity index (χ2v) is 5.24. The Morgan fingerprint density at radius 1 is 1.43 bits per heavy atom. The van der Waals surface area contributed by atoms with Crippen LogP contribution in [0, 0.1) is 6.92 Å². The molecule has 0 aliphatic carbocycles. The SMILES string of the molecule is CCNC1c2cccc(C)c2SC1C. The van der Waals surface area contributed by atoms with Crippen molar-refractivity contribution < 1.29 is 0 Å². The molecule has 0 aromatic heterocycles.